The third-order valence-electron chi connectivity index (χ3n) is 3.98. The molecule has 6 heteroatoms. The zero-order valence-corrected chi connectivity index (χ0v) is 11.7. The van der Waals surface area contributed by atoms with Crippen LogP contribution in [-0.2, 0) is 9.59 Å². The third-order valence-corrected chi connectivity index (χ3v) is 3.98. The second-order valence-electron chi connectivity index (χ2n) is 5.34. The number of para-hydroxylation sites is 1. The number of amides is 2. The first-order chi connectivity index (χ1) is 10.2. The Bertz CT molecular complexity index is 611. The van der Waals surface area contributed by atoms with Crippen LogP contribution in [0.5, 0.6) is 0 Å². The molecule has 110 valence electrons. The molecule has 2 aliphatic heterocycles. The number of nitrogens with zero attached hydrogens (tertiary/aromatic N) is 2. The van der Waals surface area contributed by atoms with E-state index >= 15 is 0 Å². The van der Waals surface area contributed by atoms with Gasteiger partial charge in [-0.15, -0.1) is 0 Å². The van der Waals surface area contributed by atoms with Crippen molar-refractivity contribution >= 4 is 23.2 Å². The van der Waals surface area contributed by atoms with Crippen molar-refractivity contribution in [3.05, 3.63) is 29.8 Å². The summed E-state index contributed by atoms with van der Waals surface area (Å²) in [7, 11) is 0. The standard InChI is InChI=1S/C15H18N4O2/c16-8-7-10-9-19(13-4-2-1-3-11(10)13)15(21)12-5-6-14(20)18-17-12/h1-4,10H,5-9,16H2,(H,18,20). The van der Waals surface area contributed by atoms with Gasteiger partial charge in [0.1, 0.15) is 5.71 Å². The maximum absolute atomic E-state index is 12.6. The maximum atomic E-state index is 12.6. The third kappa shape index (κ3) is 2.54. The summed E-state index contributed by atoms with van der Waals surface area (Å²) in [4.78, 5) is 25.5. The Labute approximate surface area is 123 Å². The molecule has 0 radical (unpaired) electrons. The van der Waals surface area contributed by atoms with Crippen LogP contribution in [0, 0.1) is 0 Å². The van der Waals surface area contributed by atoms with E-state index in [4.69, 9.17) is 5.73 Å². The first kappa shape index (κ1) is 13.8. The lowest BCUT2D eigenvalue weighted by molar-refractivity contribution is -0.121. The molecule has 0 bridgehead atoms. The van der Waals surface area contributed by atoms with E-state index in [1.165, 1.54) is 0 Å². The van der Waals surface area contributed by atoms with Crippen molar-refractivity contribution in [2.75, 3.05) is 18.0 Å². The summed E-state index contributed by atoms with van der Waals surface area (Å²) in [5, 5.41) is 3.90. The van der Waals surface area contributed by atoms with E-state index in [1.54, 1.807) is 4.90 Å². The summed E-state index contributed by atoms with van der Waals surface area (Å²) in [5.41, 5.74) is 10.6. The molecule has 0 aromatic heterocycles. The van der Waals surface area contributed by atoms with Crippen molar-refractivity contribution in [3.8, 4) is 0 Å². The van der Waals surface area contributed by atoms with Crippen LogP contribution in [-0.4, -0.2) is 30.6 Å². The van der Waals surface area contributed by atoms with E-state index in [2.05, 4.69) is 10.5 Å². The van der Waals surface area contributed by atoms with Gasteiger partial charge in [-0.1, -0.05) is 18.2 Å². The highest BCUT2D eigenvalue weighted by atomic mass is 16.2. The zero-order valence-electron chi connectivity index (χ0n) is 11.7. The minimum Gasteiger partial charge on any atom is -0.330 e. The molecule has 1 aromatic rings. The number of benzene rings is 1. The molecule has 3 N–H and O–H groups in total. The molecule has 1 unspecified atom stereocenters. The topological polar surface area (TPSA) is 87.8 Å². The summed E-state index contributed by atoms with van der Waals surface area (Å²) in [6, 6.07) is 7.90. The number of hydrazone groups is 1. The van der Waals surface area contributed by atoms with Gasteiger partial charge in [0.15, 0.2) is 0 Å². The Morgan fingerprint density at radius 1 is 1.38 bits per heavy atom. The Morgan fingerprint density at radius 3 is 2.90 bits per heavy atom. The fourth-order valence-corrected chi connectivity index (χ4v) is 2.92. The summed E-state index contributed by atoms with van der Waals surface area (Å²) < 4.78 is 0. The molecular formula is C15H18N4O2. The molecule has 2 aliphatic rings. The number of nitrogens with one attached hydrogen (secondary N) is 1. The average molecular weight is 286 g/mol. The number of carbonyl (C=O) groups is 2. The predicted octanol–water partition coefficient (Wildman–Crippen LogP) is 0.732. The van der Waals surface area contributed by atoms with E-state index in [0.717, 1.165) is 17.7 Å². The lowest BCUT2D eigenvalue weighted by Crippen LogP contribution is -2.39. The van der Waals surface area contributed by atoms with Crippen molar-refractivity contribution in [2.24, 2.45) is 10.8 Å². The fraction of sp³-hybridized carbons (Fsp3) is 0.400. The van der Waals surface area contributed by atoms with Crippen molar-refractivity contribution in [1.29, 1.82) is 0 Å². The molecule has 0 saturated carbocycles. The molecule has 0 aliphatic carbocycles. The van der Waals surface area contributed by atoms with Gasteiger partial charge >= 0.3 is 0 Å². The average Bonchev–Trinajstić information content (AvgIpc) is 2.87. The lowest BCUT2D eigenvalue weighted by atomic mass is 9.98. The van der Waals surface area contributed by atoms with Crippen molar-refractivity contribution in [2.45, 2.75) is 25.2 Å². The fourth-order valence-electron chi connectivity index (χ4n) is 2.92. The molecule has 6 nitrogen and oxygen atoms in total. The minimum atomic E-state index is -0.144. The number of anilines is 1. The molecular weight excluding hydrogens is 268 g/mol. The first-order valence-corrected chi connectivity index (χ1v) is 7.17. The molecule has 21 heavy (non-hydrogen) atoms. The highest BCUT2D eigenvalue weighted by molar-refractivity contribution is 6.44. The van der Waals surface area contributed by atoms with Gasteiger partial charge in [0.2, 0.25) is 5.91 Å². The van der Waals surface area contributed by atoms with Gasteiger partial charge in [0, 0.05) is 31.0 Å². The molecule has 0 spiro atoms. The van der Waals surface area contributed by atoms with Crippen molar-refractivity contribution in [3.63, 3.8) is 0 Å². The van der Waals surface area contributed by atoms with Crippen LogP contribution >= 0.6 is 0 Å². The number of rotatable bonds is 3. The normalized spacial score (nSPS) is 20.8. The predicted molar refractivity (Wildman–Crippen MR) is 80.0 cm³/mol. The van der Waals surface area contributed by atoms with E-state index in [0.29, 0.717) is 31.6 Å². The van der Waals surface area contributed by atoms with Crippen molar-refractivity contribution < 1.29 is 9.59 Å². The molecule has 1 aromatic carbocycles. The largest absolute Gasteiger partial charge is 0.330 e. The summed E-state index contributed by atoms with van der Waals surface area (Å²) in [5.74, 6) is 0.00489. The zero-order chi connectivity index (χ0) is 14.8. The molecule has 0 saturated heterocycles. The van der Waals surface area contributed by atoms with E-state index in [9.17, 15) is 9.59 Å². The molecule has 2 amide bonds. The number of nitrogens with two attached hydrogens (primary N) is 1. The number of hydrogen-bond donors (Lipinski definition) is 2. The highest BCUT2D eigenvalue weighted by Crippen LogP contribution is 2.37. The van der Waals surface area contributed by atoms with Crippen LogP contribution in [0.25, 0.3) is 0 Å². The summed E-state index contributed by atoms with van der Waals surface area (Å²) >= 11 is 0. The first-order valence-electron chi connectivity index (χ1n) is 7.17. The van der Waals surface area contributed by atoms with Gasteiger partial charge in [0.05, 0.1) is 0 Å². The van der Waals surface area contributed by atoms with Crippen LogP contribution in [0.3, 0.4) is 0 Å². The second-order valence-corrected chi connectivity index (χ2v) is 5.34. The Hall–Kier alpha value is -2.21. The number of hydrogen-bond acceptors (Lipinski definition) is 4. The number of fused-ring (bicyclic) bond motifs is 1. The Balaban J connectivity index is 1.86. The Morgan fingerprint density at radius 2 is 2.19 bits per heavy atom. The van der Waals surface area contributed by atoms with Gasteiger partial charge < -0.3 is 10.6 Å². The van der Waals surface area contributed by atoms with E-state index < -0.39 is 0 Å². The van der Waals surface area contributed by atoms with Crippen LogP contribution < -0.4 is 16.1 Å². The van der Waals surface area contributed by atoms with E-state index in [-0.39, 0.29) is 17.7 Å². The van der Waals surface area contributed by atoms with Crippen LogP contribution in [0.2, 0.25) is 0 Å². The number of carbonyl (C=O) groups excluding carboxylic acids is 2. The van der Waals surface area contributed by atoms with Gasteiger partial charge in [-0.2, -0.15) is 5.10 Å². The highest BCUT2D eigenvalue weighted by Gasteiger charge is 2.34. The van der Waals surface area contributed by atoms with Gasteiger partial charge in [-0.3, -0.25) is 9.59 Å². The van der Waals surface area contributed by atoms with Gasteiger partial charge in [-0.25, -0.2) is 5.43 Å². The van der Waals surface area contributed by atoms with E-state index in [1.807, 2.05) is 24.3 Å². The lowest BCUT2D eigenvalue weighted by Gasteiger charge is -2.20. The van der Waals surface area contributed by atoms with Crippen LogP contribution in [0.15, 0.2) is 29.4 Å². The summed E-state index contributed by atoms with van der Waals surface area (Å²) in [6.07, 6.45) is 1.56. The molecule has 1 atom stereocenters. The minimum absolute atomic E-state index is 0.123. The van der Waals surface area contributed by atoms with Gasteiger partial charge in [-0.05, 0) is 24.6 Å². The molecule has 3 rings (SSSR count). The molecule has 2 heterocycles. The smallest absolute Gasteiger partial charge is 0.274 e. The quantitative estimate of drug-likeness (QED) is 0.858. The van der Waals surface area contributed by atoms with Gasteiger partial charge in [0.25, 0.3) is 5.91 Å². The monoisotopic (exact) mass is 286 g/mol. The van der Waals surface area contributed by atoms with Crippen LogP contribution in [0.1, 0.15) is 30.7 Å². The van der Waals surface area contributed by atoms with Crippen LogP contribution in [0.4, 0.5) is 5.69 Å². The summed E-state index contributed by atoms with van der Waals surface area (Å²) in [6.45, 7) is 1.22. The SMILES string of the molecule is NCCC1CN(C(=O)C2=NNC(=O)CC2)c2ccccc21. The van der Waals surface area contributed by atoms with Crippen molar-refractivity contribution in [1.82, 2.24) is 5.43 Å². The maximum Gasteiger partial charge on any atom is 0.274 e. The second kappa shape index (κ2) is 5.65. The Kier molecular flexibility index (Phi) is 3.70. The molecule has 0 fully saturated rings.